The van der Waals surface area contributed by atoms with E-state index >= 15 is 0 Å². The van der Waals surface area contributed by atoms with Gasteiger partial charge in [0.05, 0.1) is 12.5 Å². The van der Waals surface area contributed by atoms with Crippen LogP contribution in [0, 0.1) is 0 Å². The number of pyridine rings is 1. The highest BCUT2D eigenvalue weighted by Crippen LogP contribution is 2.32. The summed E-state index contributed by atoms with van der Waals surface area (Å²) in [7, 11) is 1.58. The van der Waals surface area contributed by atoms with Crippen LogP contribution in [0.4, 0.5) is 5.69 Å². The van der Waals surface area contributed by atoms with Gasteiger partial charge in [0.2, 0.25) is 0 Å². The van der Waals surface area contributed by atoms with E-state index in [4.69, 9.17) is 9.26 Å². The molecule has 0 radical (unpaired) electrons. The molecule has 1 amide bonds. The molecule has 0 atom stereocenters. The number of aromatic nitrogens is 3. The number of nitrogens with zero attached hydrogens (tertiary/aromatic N) is 3. The molecule has 1 N–H and O–H groups in total. The third-order valence-corrected chi connectivity index (χ3v) is 5.61. The fraction of sp³-hybridized carbons (Fsp3) is 0.0435. The van der Waals surface area contributed by atoms with E-state index in [0.29, 0.717) is 34.0 Å². The molecule has 2 aromatic carbocycles. The van der Waals surface area contributed by atoms with Crippen molar-refractivity contribution in [3.8, 4) is 27.7 Å². The number of methoxy groups -OCH3 is 1. The Morgan fingerprint density at radius 2 is 2.06 bits per heavy atom. The van der Waals surface area contributed by atoms with Gasteiger partial charge in [0.1, 0.15) is 22.1 Å². The van der Waals surface area contributed by atoms with Crippen LogP contribution in [0.3, 0.4) is 0 Å². The minimum Gasteiger partial charge on any atom is -0.497 e. The second-order valence-corrected chi connectivity index (χ2v) is 7.57. The zero-order chi connectivity index (χ0) is 21.2. The van der Waals surface area contributed by atoms with Crippen LogP contribution in [-0.4, -0.2) is 28.1 Å². The van der Waals surface area contributed by atoms with E-state index in [2.05, 4.69) is 20.4 Å². The topological polar surface area (TPSA) is 90.1 Å². The number of hydrogen-bond acceptors (Lipinski definition) is 7. The molecule has 0 saturated heterocycles. The Bertz CT molecular complexity index is 1380. The van der Waals surface area contributed by atoms with Gasteiger partial charge in [-0.25, -0.2) is 4.98 Å². The van der Waals surface area contributed by atoms with E-state index in [9.17, 15) is 4.79 Å². The van der Waals surface area contributed by atoms with Gasteiger partial charge >= 0.3 is 0 Å². The molecule has 0 aliphatic heterocycles. The number of carbonyl (C=O) groups excluding carboxylic acids is 1. The fourth-order valence-electron chi connectivity index (χ4n) is 3.17. The smallest absolute Gasteiger partial charge is 0.255 e. The van der Waals surface area contributed by atoms with Gasteiger partial charge < -0.3 is 14.6 Å². The first kappa shape index (κ1) is 19.0. The largest absolute Gasteiger partial charge is 0.497 e. The molecule has 3 heterocycles. The van der Waals surface area contributed by atoms with E-state index in [1.54, 1.807) is 49.8 Å². The summed E-state index contributed by atoms with van der Waals surface area (Å²) in [6.07, 6.45) is 3.49. The van der Waals surface area contributed by atoms with E-state index in [0.717, 1.165) is 16.0 Å². The maximum Gasteiger partial charge on any atom is 0.255 e. The minimum atomic E-state index is -0.239. The highest BCUT2D eigenvalue weighted by atomic mass is 32.1. The van der Waals surface area contributed by atoms with Crippen molar-refractivity contribution in [2.45, 2.75) is 0 Å². The fourth-order valence-corrected chi connectivity index (χ4v) is 3.97. The molecule has 0 fully saturated rings. The van der Waals surface area contributed by atoms with Gasteiger partial charge in [-0.2, -0.15) is 0 Å². The number of fused-ring (bicyclic) bond motifs is 1. The van der Waals surface area contributed by atoms with E-state index in [1.165, 1.54) is 11.3 Å². The zero-order valence-corrected chi connectivity index (χ0v) is 17.2. The quantitative estimate of drug-likeness (QED) is 0.410. The van der Waals surface area contributed by atoms with Crippen LogP contribution in [0.1, 0.15) is 10.4 Å². The lowest BCUT2D eigenvalue weighted by molar-refractivity contribution is 0.102. The Labute approximate surface area is 181 Å². The summed E-state index contributed by atoms with van der Waals surface area (Å²) in [5.41, 5.74) is 3.94. The summed E-state index contributed by atoms with van der Waals surface area (Å²) < 4.78 is 10.7. The number of rotatable bonds is 5. The number of anilines is 1. The lowest BCUT2D eigenvalue weighted by Gasteiger charge is -2.07. The van der Waals surface area contributed by atoms with E-state index in [-0.39, 0.29) is 5.91 Å². The van der Waals surface area contributed by atoms with Crippen molar-refractivity contribution in [2.75, 3.05) is 12.4 Å². The van der Waals surface area contributed by atoms with Gasteiger partial charge in [0.15, 0.2) is 5.58 Å². The van der Waals surface area contributed by atoms with Crippen molar-refractivity contribution >= 4 is 33.9 Å². The Morgan fingerprint density at radius 3 is 2.90 bits per heavy atom. The monoisotopic (exact) mass is 428 g/mol. The van der Waals surface area contributed by atoms with E-state index < -0.39 is 0 Å². The van der Waals surface area contributed by atoms with Crippen LogP contribution in [-0.2, 0) is 0 Å². The summed E-state index contributed by atoms with van der Waals surface area (Å²) in [5.74, 6) is 0.430. The van der Waals surface area contributed by atoms with Crippen molar-refractivity contribution < 1.29 is 14.1 Å². The summed E-state index contributed by atoms with van der Waals surface area (Å²) in [5, 5.41) is 10.6. The number of hydrogen-bond donors (Lipinski definition) is 1. The predicted molar refractivity (Wildman–Crippen MR) is 119 cm³/mol. The van der Waals surface area contributed by atoms with Gasteiger partial charge in [-0.3, -0.25) is 9.78 Å². The number of carbonyl (C=O) groups is 1. The lowest BCUT2D eigenvalue weighted by atomic mass is 10.1. The average molecular weight is 428 g/mol. The maximum atomic E-state index is 12.8. The number of nitrogens with one attached hydrogen (secondary N) is 1. The average Bonchev–Trinajstić information content (AvgIpc) is 3.46. The van der Waals surface area contributed by atoms with Gasteiger partial charge in [-0.1, -0.05) is 11.2 Å². The van der Waals surface area contributed by atoms with Crippen molar-refractivity contribution in [1.29, 1.82) is 0 Å². The summed E-state index contributed by atoms with van der Waals surface area (Å²) in [4.78, 5) is 21.6. The van der Waals surface area contributed by atoms with Crippen LogP contribution in [0.5, 0.6) is 5.75 Å². The number of benzene rings is 2. The van der Waals surface area contributed by atoms with Gasteiger partial charge in [-0.15, -0.1) is 11.3 Å². The molecule has 0 saturated carbocycles. The van der Waals surface area contributed by atoms with E-state index in [1.807, 2.05) is 29.6 Å². The molecule has 3 aromatic heterocycles. The molecule has 0 bridgehead atoms. The molecular formula is C23H16N4O3S. The SMILES string of the molecule is COc1cccc(NC(=O)c2ccc3onc(-c4csc(-c5cccnc5)n4)c3c2)c1. The molecular weight excluding hydrogens is 412 g/mol. The highest BCUT2D eigenvalue weighted by molar-refractivity contribution is 7.13. The standard InChI is InChI=1S/C23H16N4O3S/c1-29-17-6-2-5-16(11-17)25-22(28)14-7-8-20-18(10-14)21(27-30-20)19-13-31-23(26-19)15-4-3-9-24-12-15/h2-13H,1H3,(H,25,28). The number of ether oxygens (including phenoxy) is 1. The van der Waals surface area contributed by atoms with Crippen molar-refractivity contribution in [3.63, 3.8) is 0 Å². The summed E-state index contributed by atoms with van der Waals surface area (Å²) in [6.45, 7) is 0. The zero-order valence-electron chi connectivity index (χ0n) is 16.4. The lowest BCUT2D eigenvalue weighted by Crippen LogP contribution is -2.11. The maximum absolute atomic E-state index is 12.8. The summed E-state index contributed by atoms with van der Waals surface area (Å²) >= 11 is 1.50. The van der Waals surface area contributed by atoms with Gasteiger partial charge in [-0.05, 0) is 42.5 Å². The van der Waals surface area contributed by atoms with Crippen LogP contribution < -0.4 is 10.1 Å². The van der Waals surface area contributed by atoms with Crippen LogP contribution in [0.2, 0.25) is 0 Å². The number of amides is 1. The molecule has 7 nitrogen and oxygen atoms in total. The molecule has 8 heteroatoms. The second kappa shape index (κ2) is 8.00. The Balaban J connectivity index is 1.46. The molecule has 31 heavy (non-hydrogen) atoms. The molecule has 0 aliphatic rings. The first-order chi connectivity index (χ1) is 15.2. The first-order valence-electron chi connectivity index (χ1n) is 9.42. The second-order valence-electron chi connectivity index (χ2n) is 6.71. The molecule has 0 unspecified atom stereocenters. The normalized spacial score (nSPS) is 10.9. The third-order valence-electron chi connectivity index (χ3n) is 4.72. The Morgan fingerprint density at radius 1 is 1.13 bits per heavy atom. The Hall–Kier alpha value is -4.04. The first-order valence-corrected chi connectivity index (χ1v) is 10.3. The number of thiazole rings is 1. The minimum absolute atomic E-state index is 0.239. The van der Waals surface area contributed by atoms with Gasteiger partial charge in [0, 0.05) is 40.7 Å². The van der Waals surface area contributed by atoms with Crippen molar-refractivity contribution in [3.05, 3.63) is 77.9 Å². The molecule has 0 spiro atoms. The third kappa shape index (κ3) is 3.76. The molecule has 5 rings (SSSR count). The highest BCUT2D eigenvalue weighted by Gasteiger charge is 2.17. The molecule has 152 valence electrons. The Kier molecular flexibility index (Phi) is 4.89. The summed E-state index contributed by atoms with van der Waals surface area (Å²) in [6, 6.07) is 16.2. The predicted octanol–water partition coefficient (Wildman–Crippen LogP) is 5.27. The van der Waals surface area contributed by atoms with Crippen LogP contribution >= 0.6 is 11.3 Å². The van der Waals surface area contributed by atoms with Crippen LogP contribution in [0.25, 0.3) is 32.9 Å². The molecule has 0 aliphatic carbocycles. The van der Waals surface area contributed by atoms with Crippen LogP contribution in [0.15, 0.2) is 76.9 Å². The molecule has 5 aromatic rings. The van der Waals surface area contributed by atoms with Gasteiger partial charge in [0.25, 0.3) is 5.91 Å². The van der Waals surface area contributed by atoms with Crippen molar-refractivity contribution in [1.82, 2.24) is 15.1 Å². The van der Waals surface area contributed by atoms with Crippen molar-refractivity contribution in [2.24, 2.45) is 0 Å².